The highest BCUT2D eigenvalue weighted by molar-refractivity contribution is 7.12. The molecule has 0 saturated carbocycles. The molecule has 0 aliphatic carbocycles. The van der Waals surface area contributed by atoms with E-state index in [-0.39, 0.29) is 19.1 Å². The molecule has 3 aromatic heterocycles. The Hall–Kier alpha value is -2.25. The van der Waals surface area contributed by atoms with Crippen molar-refractivity contribution in [3.8, 4) is 11.3 Å². The number of aliphatic hydroxyl groups excluding tert-OH is 1. The molecule has 3 heterocycles. The van der Waals surface area contributed by atoms with Crippen LogP contribution in [0.3, 0.4) is 0 Å². The Morgan fingerprint density at radius 3 is 2.68 bits per heavy atom. The van der Waals surface area contributed by atoms with Crippen molar-refractivity contribution in [2.24, 2.45) is 0 Å². The number of rotatable bonds is 5. The van der Waals surface area contributed by atoms with Crippen molar-refractivity contribution >= 4 is 28.3 Å². The van der Waals surface area contributed by atoms with Gasteiger partial charge in [-0.2, -0.15) is 0 Å². The van der Waals surface area contributed by atoms with E-state index in [0.29, 0.717) is 34.6 Å². The van der Waals surface area contributed by atoms with Gasteiger partial charge in [-0.1, -0.05) is 5.16 Å². The van der Waals surface area contributed by atoms with Crippen LogP contribution in [0, 0.1) is 20.8 Å². The van der Waals surface area contributed by atoms with Crippen LogP contribution in [-0.4, -0.2) is 45.8 Å². The highest BCUT2D eigenvalue weighted by atomic mass is 32.1. The second-order valence-electron chi connectivity index (χ2n) is 5.94. The number of carbonyl (C=O) groups excluding carboxylic acids is 1. The molecule has 0 fully saturated rings. The Balaban J connectivity index is 2.20. The van der Waals surface area contributed by atoms with E-state index in [0.717, 1.165) is 10.4 Å². The predicted molar refractivity (Wildman–Crippen MR) is 98.0 cm³/mol. The van der Waals surface area contributed by atoms with Gasteiger partial charge in [0, 0.05) is 28.4 Å². The van der Waals surface area contributed by atoms with Crippen molar-refractivity contribution in [2.45, 2.75) is 27.7 Å². The van der Waals surface area contributed by atoms with E-state index in [1.807, 2.05) is 26.8 Å². The molecule has 0 spiro atoms. The number of aryl methyl sites for hydroxylation is 3. The Morgan fingerprint density at radius 2 is 2.08 bits per heavy atom. The molecule has 6 nitrogen and oxygen atoms in total. The summed E-state index contributed by atoms with van der Waals surface area (Å²) in [6.07, 6.45) is 0. The Bertz CT molecular complexity index is 929. The van der Waals surface area contributed by atoms with Crippen LogP contribution in [0.1, 0.15) is 32.7 Å². The minimum Gasteiger partial charge on any atom is -0.395 e. The molecule has 1 amide bonds. The van der Waals surface area contributed by atoms with Gasteiger partial charge in [-0.3, -0.25) is 4.79 Å². The highest BCUT2D eigenvalue weighted by Crippen LogP contribution is 2.33. The minimum absolute atomic E-state index is 0.0773. The molecule has 0 radical (unpaired) electrons. The van der Waals surface area contributed by atoms with Crippen molar-refractivity contribution in [1.82, 2.24) is 15.0 Å². The lowest BCUT2D eigenvalue weighted by Crippen LogP contribution is -2.33. The monoisotopic (exact) mass is 359 g/mol. The number of nitrogens with zero attached hydrogens (tertiary/aromatic N) is 3. The van der Waals surface area contributed by atoms with Crippen molar-refractivity contribution in [2.75, 3.05) is 19.7 Å². The van der Waals surface area contributed by atoms with Crippen molar-refractivity contribution in [3.05, 3.63) is 33.1 Å². The first-order valence-corrected chi connectivity index (χ1v) is 9.02. The molecule has 0 aliphatic rings. The molecule has 3 aromatic rings. The van der Waals surface area contributed by atoms with E-state index in [1.165, 1.54) is 4.88 Å². The number of pyridine rings is 1. The number of thiophene rings is 1. The normalized spacial score (nSPS) is 11.2. The first-order chi connectivity index (χ1) is 12.0. The summed E-state index contributed by atoms with van der Waals surface area (Å²) in [5, 5.41) is 13.8. The van der Waals surface area contributed by atoms with Gasteiger partial charge in [0.1, 0.15) is 0 Å². The van der Waals surface area contributed by atoms with Gasteiger partial charge in [0.2, 0.25) is 0 Å². The summed E-state index contributed by atoms with van der Waals surface area (Å²) in [5.41, 5.74) is 3.21. The van der Waals surface area contributed by atoms with Gasteiger partial charge in [0.05, 0.1) is 28.9 Å². The topological polar surface area (TPSA) is 79.5 Å². The van der Waals surface area contributed by atoms with E-state index in [9.17, 15) is 9.90 Å². The Labute approximate surface area is 150 Å². The number of carbonyl (C=O) groups is 1. The van der Waals surface area contributed by atoms with E-state index >= 15 is 0 Å². The second-order valence-corrected chi connectivity index (χ2v) is 7.40. The van der Waals surface area contributed by atoms with Crippen LogP contribution >= 0.6 is 11.3 Å². The van der Waals surface area contributed by atoms with E-state index < -0.39 is 0 Å². The molecular weight excluding hydrogens is 338 g/mol. The Kier molecular flexibility index (Phi) is 4.87. The molecule has 0 atom stereocenters. The lowest BCUT2D eigenvalue weighted by Gasteiger charge is -2.20. The van der Waals surface area contributed by atoms with Crippen LogP contribution < -0.4 is 0 Å². The zero-order chi connectivity index (χ0) is 18.1. The van der Waals surface area contributed by atoms with Gasteiger partial charge < -0.3 is 14.5 Å². The Morgan fingerprint density at radius 1 is 1.32 bits per heavy atom. The lowest BCUT2D eigenvalue weighted by molar-refractivity contribution is 0.0734. The van der Waals surface area contributed by atoms with Crippen molar-refractivity contribution in [1.29, 1.82) is 0 Å². The molecule has 0 aromatic carbocycles. The molecule has 0 saturated heterocycles. The van der Waals surface area contributed by atoms with E-state index in [1.54, 1.807) is 23.2 Å². The minimum atomic E-state index is -0.152. The largest absolute Gasteiger partial charge is 0.395 e. The van der Waals surface area contributed by atoms with Crippen LogP contribution in [0.25, 0.3) is 22.4 Å². The molecule has 25 heavy (non-hydrogen) atoms. The maximum atomic E-state index is 13.0. The molecular formula is C18H21N3O3S. The number of fused-ring (bicyclic) bond motifs is 1. The molecule has 0 bridgehead atoms. The molecule has 1 N–H and O–H groups in total. The number of aromatic nitrogens is 2. The summed E-state index contributed by atoms with van der Waals surface area (Å²) in [7, 11) is 0. The predicted octanol–water partition coefficient (Wildman–Crippen LogP) is 3.33. The van der Waals surface area contributed by atoms with Gasteiger partial charge >= 0.3 is 0 Å². The van der Waals surface area contributed by atoms with Crippen LogP contribution in [0.15, 0.2) is 16.7 Å². The molecule has 3 rings (SSSR count). The summed E-state index contributed by atoms with van der Waals surface area (Å²) in [6, 6.07) is 3.88. The van der Waals surface area contributed by atoms with Gasteiger partial charge in [-0.15, -0.1) is 11.3 Å². The van der Waals surface area contributed by atoms with Crippen LogP contribution in [0.5, 0.6) is 0 Å². The average Bonchev–Trinajstić information content (AvgIpc) is 3.13. The summed E-state index contributed by atoms with van der Waals surface area (Å²) in [5.74, 6) is -0.152. The molecule has 7 heteroatoms. The number of amides is 1. The summed E-state index contributed by atoms with van der Waals surface area (Å²) < 4.78 is 5.34. The number of hydrogen-bond acceptors (Lipinski definition) is 6. The lowest BCUT2D eigenvalue weighted by atomic mass is 10.0. The quantitative estimate of drug-likeness (QED) is 0.756. The molecule has 0 unspecified atom stereocenters. The van der Waals surface area contributed by atoms with E-state index in [2.05, 4.69) is 16.2 Å². The smallest absolute Gasteiger partial charge is 0.259 e. The standard InChI is InChI=1S/C18H21N3O3S/c1-5-21(6-7-22)18(23)14-9-15(13-8-10(2)25-12(13)4)19-17-16(14)11(3)20-24-17/h8-9,22H,5-7H2,1-4H3. The van der Waals surface area contributed by atoms with Crippen molar-refractivity contribution < 1.29 is 14.4 Å². The average molecular weight is 359 g/mol. The zero-order valence-corrected chi connectivity index (χ0v) is 15.6. The van der Waals surface area contributed by atoms with Gasteiger partial charge in [0.15, 0.2) is 0 Å². The highest BCUT2D eigenvalue weighted by Gasteiger charge is 2.23. The first-order valence-electron chi connectivity index (χ1n) is 8.20. The molecule has 0 aliphatic heterocycles. The SMILES string of the molecule is CCN(CCO)C(=O)c1cc(-c2cc(C)sc2C)nc2onc(C)c12. The fourth-order valence-electron chi connectivity index (χ4n) is 2.98. The summed E-state index contributed by atoms with van der Waals surface area (Å²) >= 11 is 1.69. The zero-order valence-electron chi connectivity index (χ0n) is 14.8. The third kappa shape index (κ3) is 3.17. The van der Waals surface area contributed by atoms with Gasteiger partial charge in [0.25, 0.3) is 11.6 Å². The van der Waals surface area contributed by atoms with Crippen molar-refractivity contribution in [3.63, 3.8) is 0 Å². The second kappa shape index (κ2) is 6.93. The summed E-state index contributed by atoms with van der Waals surface area (Å²) in [4.78, 5) is 21.5. The third-order valence-electron chi connectivity index (χ3n) is 4.20. The summed E-state index contributed by atoms with van der Waals surface area (Å²) in [6.45, 7) is 8.49. The molecule has 132 valence electrons. The number of hydrogen-bond donors (Lipinski definition) is 1. The van der Waals surface area contributed by atoms with E-state index in [4.69, 9.17) is 4.52 Å². The third-order valence-corrected chi connectivity index (χ3v) is 5.17. The van der Waals surface area contributed by atoms with Gasteiger partial charge in [-0.25, -0.2) is 4.98 Å². The number of aliphatic hydroxyl groups is 1. The fraction of sp³-hybridized carbons (Fsp3) is 0.389. The first kappa shape index (κ1) is 17.6. The van der Waals surface area contributed by atoms with Gasteiger partial charge in [-0.05, 0) is 39.8 Å². The fourth-order valence-corrected chi connectivity index (χ4v) is 3.91. The van der Waals surface area contributed by atoms with Crippen LogP contribution in [0.2, 0.25) is 0 Å². The maximum Gasteiger partial charge on any atom is 0.259 e. The van der Waals surface area contributed by atoms with Crippen LogP contribution in [-0.2, 0) is 0 Å². The number of likely N-dealkylation sites (N-methyl/N-ethyl adjacent to an activating group) is 1. The maximum absolute atomic E-state index is 13.0. The van der Waals surface area contributed by atoms with Crippen LogP contribution in [0.4, 0.5) is 0 Å².